The second kappa shape index (κ2) is 10.5. The van der Waals surface area contributed by atoms with Gasteiger partial charge in [-0.2, -0.15) is 0 Å². The van der Waals surface area contributed by atoms with Gasteiger partial charge in [-0.15, -0.1) is 0 Å². The summed E-state index contributed by atoms with van der Waals surface area (Å²) in [6.45, 7) is 3.82. The summed E-state index contributed by atoms with van der Waals surface area (Å²) in [5.74, 6) is -0.192. The number of ether oxygens (including phenoxy) is 1. The van der Waals surface area contributed by atoms with E-state index in [2.05, 4.69) is 12.2 Å². The first-order valence-electron chi connectivity index (χ1n) is 5.28. The van der Waals surface area contributed by atoms with E-state index in [0.29, 0.717) is 6.61 Å². The molecule has 4 heteroatoms. The maximum absolute atomic E-state index is 11.0. The van der Waals surface area contributed by atoms with Crippen molar-refractivity contribution in [3.05, 3.63) is 0 Å². The molecule has 4 nitrogen and oxygen atoms in total. The molecule has 0 aliphatic rings. The van der Waals surface area contributed by atoms with E-state index in [9.17, 15) is 4.79 Å². The Bertz CT molecular complexity index is 139. The van der Waals surface area contributed by atoms with Gasteiger partial charge in [0.15, 0.2) is 0 Å². The van der Waals surface area contributed by atoms with E-state index in [1.807, 2.05) is 0 Å². The zero-order chi connectivity index (χ0) is 10.6. The van der Waals surface area contributed by atoms with Crippen LogP contribution in [0, 0.1) is 0 Å². The van der Waals surface area contributed by atoms with E-state index >= 15 is 0 Å². The summed E-state index contributed by atoms with van der Waals surface area (Å²) in [6.07, 6.45) is 3.63. The van der Waals surface area contributed by atoms with E-state index < -0.39 is 0 Å². The highest BCUT2D eigenvalue weighted by Gasteiger charge is 2.00. The minimum Gasteiger partial charge on any atom is -0.465 e. The topological polar surface area (TPSA) is 58.6 Å². The Morgan fingerprint density at radius 1 is 1.36 bits per heavy atom. The number of rotatable bonds is 9. The molecule has 0 unspecified atom stereocenters. The molecule has 0 aromatic carbocycles. The van der Waals surface area contributed by atoms with E-state index in [1.165, 1.54) is 0 Å². The molecule has 0 aromatic heterocycles. The van der Waals surface area contributed by atoms with Gasteiger partial charge in [-0.25, -0.2) is 0 Å². The van der Waals surface area contributed by atoms with Crippen molar-refractivity contribution in [1.29, 1.82) is 0 Å². The van der Waals surface area contributed by atoms with E-state index in [1.54, 1.807) is 0 Å². The van der Waals surface area contributed by atoms with Crippen LogP contribution < -0.4 is 5.32 Å². The number of esters is 1. The third-order valence-corrected chi connectivity index (χ3v) is 1.79. The Morgan fingerprint density at radius 3 is 2.79 bits per heavy atom. The smallest absolute Gasteiger partial charge is 0.319 e. The van der Waals surface area contributed by atoms with E-state index in [-0.39, 0.29) is 19.1 Å². The molecule has 0 radical (unpaired) electrons. The Morgan fingerprint density at radius 2 is 2.14 bits per heavy atom. The minimum atomic E-state index is -0.192. The van der Waals surface area contributed by atoms with Crippen LogP contribution in [-0.4, -0.2) is 37.4 Å². The van der Waals surface area contributed by atoms with E-state index in [0.717, 1.165) is 32.2 Å². The molecule has 0 saturated carbocycles. The Kier molecular flexibility index (Phi) is 10.0. The Labute approximate surface area is 85.6 Å². The van der Waals surface area contributed by atoms with Gasteiger partial charge in [-0.3, -0.25) is 4.79 Å². The van der Waals surface area contributed by atoms with Crippen molar-refractivity contribution in [2.75, 3.05) is 26.3 Å². The van der Waals surface area contributed by atoms with Crippen molar-refractivity contribution in [3.63, 3.8) is 0 Å². The predicted octanol–water partition coefficient (Wildman–Crippen LogP) is 0.692. The normalized spacial score (nSPS) is 10.1. The van der Waals surface area contributed by atoms with E-state index in [4.69, 9.17) is 9.84 Å². The molecular formula is C10H21NO3. The molecule has 0 saturated heterocycles. The zero-order valence-corrected chi connectivity index (χ0v) is 8.92. The molecule has 0 aromatic rings. The first-order valence-corrected chi connectivity index (χ1v) is 5.28. The first-order chi connectivity index (χ1) is 6.81. The number of aliphatic hydroxyl groups is 1. The number of unbranched alkanes of at least 4 members (excludes halogenated alkanes) is 2. The van der Waals surface area contributed by atoms with Crippen LogP contribution in [0.25, 0.3) is 0 Å². The summed E-state index contributed by atoms with van der Waals surface area (Å²) < 4.78 is 4.94. The Hall–Kier alpha value is -0.610. The molecule has 14 heavy (non-hydrogen) atoms. The molecular weight excluding hydrogens is 182 g/mol. The van der Waals surface area contributed by atoms with Crippen LogP contribution in [0.3, 0.4) is 0 Å². The zero-order valence-electron chi connectivity index (χ0n) is 8.92. The van der Waals surface area contributed by atoms with Gasteiger partial charge < -0.3 is 15.2 Å². The first kappa shape index (κ1) is 13.4. The average molecular weight is 203 g/mol. The molecule has 0 heterocycles. The lowest BCUT2D eigenvalue weighted by molar-refractivity contribution is -0.142. The molecule has 0 bridgehead atoms. The fourth-order valence-electron chi connectivity index (χ4n) is 0.934. The largest absolute Gasteiger partial charge is 0.465 e. The summed E-state index contributed by atoms with van der Waals surface area (Å²) in [7, 11) is 0. The molecule has 2 N–H and O–H groups in total. The van der Waals surface area contributed by atoms with Gasteiger partial charge in [-0.05, 0) is 25.8 Å². The number of aliphatic hydroxyl groups excluding tert-OH is 1. The van der Waals surface area contributed by atoms with Crippen molar-refractivity contribution in [1.82, 2.24) is 5.32 Å². The van der Waals surface area contributed by atoms with Crippen LogP contribution >= 0.6 is 0 Å². The van der Waals surface area contributed by atoms with Crippen LogP contribution in [0.4, 0.5) is 0 Å². The van der Waals surface area contributed by atoms with Crippen molar-refractivity contribution >= 4 is 5.97 Å². The van der Waals surface area contributed by atoms with Gasteiger partial charge >= 0.3 is 5.97 Å². The van der Waals surface area contributed by atoms with Crippen LogP contribution in [0.5, 0.6) is 0 Å². The van der Waals surface area contributed by atoms with Crippen molar-refractivity contribution in [3.8, 4) is 0 Å². The maximum Gasteiger partial charge on any atom is 0.319 e. The van der Waals surface area contributed by atoms with Gasteiger partial charge in [0.2, 0.25) is 0 Å². The lowest BCUT2D eigenvalue weighted by Gasteiger charge is -2.04. The summed E-state index contributed by atoms with van der Waals surface area (Å²) in [4.78, 5) is 11.0. The number of carbonyl (C=O) groups is 1. The molecule has 0 atom stereocenters. The fourth-order valence-corrected chi connectivity index (χ4v) is 0.934. The van der Waals surface area contributed by atoms with Crippen LogP contribution in [0.15, 0.2) is 0 Å². The fraction of sp³-hybridized carbons (Fsp3) is 0.900. The van der Waals surface area contributed by atoms with Gasteiger partial charge in [0.05, 0.1) is 13.2 Å². The molecule has 0 aliphatic heterocycles. The standard InChI is InChI=1S/C10H21NO3/c1-2-3-8-14-10(13)9-11-6-4-5-7-12/h11-12H,2-9H2,1H3. The lowest BCUT2D eigenvalue weighted by atomic mass is 10.3. The highest BCUT2D eigenvalue weighted by atomic mass is 16.5. The Balaban J connectivity index is 3.10. The number of hydrogen-bond acceptors (Lipinski definition) is 4. The van der Waals surface area contributed by atoms with Crippen molar-refractivity contribution < 1.29 is 14.6 Å². The van der Waals surface area contributed by atoms with Crippen molar-refractivity contribution in [2.24, 2.45) is 0 Å². The maximum atomic E-state index is 11.0. The predicted molar refractivity (Wildman–Crippen MR) is 55.1 cm³/mol. The summed E-state index contributed by atoms with van der Waals surface area (Å²) in [5, 5.41) is 11.5. The van der Waals surface area contributed by atoms with Crippen molar-refractivity contribution in [2.45, 2.75) is 32.6 Å². The number of hydrogen-bond donors (Lipinski definition) is 2. The second-order valence-corrected chi connectivity index (χ2v) is 3.18. The minimum absolute atomic E-state index is 0.192. The van der Waals surface area contributed by atoms with Crippen LogP contribution in [0.1, 0.15) is 32.6 Å². The van der Waals surface area contributed by atoms with Crippen LogP contribution in [-0.2, 0) is 9.53 Å². The number of carbonyl (C=O) groups excluding carboxylic acids is 1. The van der Waals surface area contributed by atoms with Gasteiger partial charge in [0.1, 0.15) is 0 Å². The summed E-state index contributed by atoms with van der Waals surface area (Å²) in [5.41, 5.74) is 0. The van der Waals surface area contributed by atoms with Gasteiger partial charge in [0, 0.05) is 6.61 Å². The molecule has 0 fully saturated rings. The summed E-state index contributed by atoms with van der Waals surface area (Å²) in [6, 6.07) is 0. The quantitative estimate of drug-likeness (QED) is 0.427. The molecule has 0 rings (SSSR count). The highest BCUT2D eigenvalue weighted by molar-refractivity contribution is 5.71. The SMILES string of the molecule is CCCCOC(=O)CNCCCCO. The third-order valence-electron chi connectivity index (χ3n) is 1.79. The van der Waals surface area contributed by atoms with Gasteiger partial charge in [0.25, 0.3) is 0 Å². The van der Waals surface area contributed by atoms with Crippen LogP contribution in [0.2, 0.25) is 0 Å². The lowest BCUT2D eigenvalue weighted by Crippen LogP contribution is -2.26. The highest BCUT2D eigenvalue weighted by Crippen LogP contribution is 1.88. The monoisotopic (exact) mass is 203 g/mol. The molecule has 0 aliphatic carbocycles. The average Bonchev–Trinajstić information content (AvgIpc) is 2.18. The molecule has 84 valence electrons. The van der Waals surface area contributed by atoms with Gasteiger partial charge in [-0.1, -0.05) is 13.3 Å². The summed E-state index contributed by atoms with van der Waals surface area (Å²) >= 11 is 0. The third kappa shape index (κ3) is 9.48. The second-order valence-electron chi connectivity index (χ2n) is 3.18. The molecule has 0 amide bonds. The molecule has 0 spiro atoms. The number of nitrogens with one attached hydrogen (secondary N) is 1.